The number of fused-ring (bicyclic) bond motifs is 1. The first kappa shape index (κ1) is 14.6. The van der Waals surface area contributed by atoms with Crippen molar-refractivity contribution in [2.75, 3.05) is 0 Å². The monoisotopic (exact) mass is 260 g/mol. The number of hydrogen-bond acceptors (Lipinski definition) is 1. The van der Waals surface area contributed by atoms with Gasteiger partial charge in [-0.3, -0.25) is 0 Å². The molecule has 0 bridgehead atoms. The van der Waals surface area contributed by atoms with Crippen molar-refractivity contribution in [3.63, 3.8) is 0 Å². The second-order valence-electron chi connectivity index (χ2n) is 7.25. The molecule has 1 nitrogen and oxygen atoms in total. The van der Waals surface area contributed by atoms with Gasteiger partial charge in [0, 0.05) is 0 Å². The van der Waals surface area contributed by atoms with E-state index in [-0.39, 0.29) is 11.5 Å². The minimum atomic E-state index is -0.318. The van der Waals surface area contributed by atoms with Gasteiger partial charge in [-0.2, -0.15) is 0 Å². The summed E-state index contributed by atoms with van der Waals surface area (Å²) in [6, 6.07) is 6.60. The van der Waals surface area contributed by atoms with E-state index in [1.165, 1.54) is 36.8 Å². The van der Waals surface area contributed by atoms with Gasteiger partial charge in [-0.25, -0.2) is 0 Å². The van der Waals surface area contributed by atoms with Crippen LogP contribution in [0.4, 0.5) is 0 Å². The van der Waals surface area contributed by atoms with E-state index >= 15 is 0 Å². The van der Waals surface area contributed by atoms with Crippen LogP contribution in [0, 0.1) is 11.3 Å². The Morgan fingerprint density at radius 3 is 2.37 bits per heavy atom. The molecule has 1 aromatic carbocycles. The second-order valence-corrected chi connectivity index (χ2v) is 7.25. The van der Waals surface area contributed by atoms with Gasteiger partial charge in [0.25, 0.3) is 0 Å². The first-order chi connectivity index (χ1) is 8.88. The molecule has 1 aliphatic rings. The molecule has 0 saturated heterocycles. The lowest BCUT2D eigenvalue weighted by molar-refractivity contribution is 0.110. The Bertz CT molecular complexity index is 428. The Morgan fingerprint density at radius 1 is 1.11 bits per heavy atom. The summed E-state index contributed by atoms with van der Waals surface area (Å²) >= 11 is 0. The van der Waals surface area contributed by atoms with Crippen LogP contribution in [0.15, 0.2) is 18.2 Å². The number of rotatable bonds is 3. The lowest BCUT2D eigenvalue weighted by Gasteiger charge is -2.29. The fraction of sp³-hybridized carbons (Fsp3) is 0.667. The minimum absolute atomic E-state index is 0.259. The molecule has 0 saturated carbocycles. The van der Waals surface area contributed by atoms with Crippen molar-refractivity contribution in [1.29, 1.82) is 0 Å². The SMILES string of the molecule is CC(CC(O)c1ccc2c(c1)CCCC2)C(C)(C)C. The van der Waals surface area contributed by atoms with Gasteiger partial charge in [-0.15, -0.1) is 0 Å². The molecule has 0 fully saturated rings. The highest BCUT2D eigenvalue weighted by molar-refractivity contribution is 5.34. The molecule has 2 atom stereocenters. The first-order valence-corrected chi connectivity index (χ1v) is 7.67. The minimum Gasteiger partial charge on any atom is -0.388 e. The van der Waals surface area contributed by atoms with E-state index in [9.17, 15) is 5.11 Å². The first-order valence-electron chi connectivity index (χ1n) is 7.67. The zero-order chi connectivity index (χ0) is 14.0. The van der Waals surface area contributed by atoms with E-state index in [0.717, 1.165) is 12.0 Å². The highest BCUT2D eigenvalue weighted by Gasteiger charge is 2.23. The van der Waals surface area contributed by atoms with Crippen LogP contribution in [0.1, 0.15) is 69.8 Å². The average Bonchev–Trinajstić information content (AvgIpc) is 2.37. The van der Waals surface area contributed by atoms with Crippen LogP contribution in [-0.2, 0) is 12.8 Å². The van der Waals surface area contributed by atoms with Crippen molar-refractivity contribution in [2.45, 2.75) is 65.9 Å². The van der Waals surface area contributed by atoms with Crippen LogP contribution in [0.3, 0.4) is 0 Å². The van der Waals surface area contributed by atoms with E-state index in [0.29, 0.717) is 5.92 Å². The molecule has 0 heterocycles. The van der Waals surface area contributed by atoms with Gasteiger partial charge in [0.15, 0.2) is 0 Å². The predicted octanol–water partition coefficient (Wildman–Crippen LogP) is 4.67. The summed E-state index contributed by atoms with van der Waals surface area (Å²) < 4.78 is 0. The maximum absolute atomic E-state index is 10.5. The van der Waals surface area contributed by atoms with Gasteiger partial charge in [0.2, 0.25) is 0 Å². The summed E-state index contributed by atoms with van der Waals surface area (Å²) in [5.41, 5.74) is 4.32. The zero-order valence-corrected chi connectivity index (χ0v) is 12.9. The van der Waals surface area contributed by atoms with Gasteiger partial charge in [0.1, 0.15) is 0 Å². The van der Waals surface area contributed by atoms with E-state index < -0.39 is 0 Å². The molecular formula is C18H28O. The Hall–Kier alpha value is -0.820. The van der Waals surface area contributed by atoms with Crippen molar-refractivity contribution in [3.8, 4) is 0 Å². The fourth-order valence-electron chi connectivity index (χ4n) is 2.79. The van der Waals surface area contributed by atoms with Crippen molar-refractivity contribution >= 4 is 0 Å². The molecule has 2 unspecified atom stereocenters. The molecule has 1 aliphatic carbocycles. The Labute approximate surface area is 118 Å². The van der Waals surface area contributed by atoms with Crippen molar-refractivity contribution in [2.24, 2.45) is 11.3 Å². The summed E-state index contributed by atoms with van der Waals surface area (Å²) in [6.45, 7) is 8.98. The van der Waals surface area contributed by atoms with E-state index in [1.807, 2.05) is 0 Å². The van der Waals surface area contributed by atoms with Crippen molar-refractivity contribution in [3.05, 3.63) is 34.9 Å². The Kier molecular flexibility index (Phi) is 4.35. The molecule has 0 radical (unpaired) electrons. The van der Waals surface area contributed by atoms with Crippen molar-refractivity contribution < 1.29 is 5.11 Å². The smallest absolute Gasteiger partial charge is 0.0792 e. The Balaban J connectivity index is 2.09. The summed E-state index contributed by atoms with van der Waals surface area (Å²) in [6.07, 6.45) is 5.54. The number of hydrogen-bond donors (Lipinski definition) is 1. The van der Waals surface area contributed by atoms with Gasteiger partial charge in [-0.1, -0.05) is 45.9 Å². The molecule has 1 aromatic rings. The lowest BCUT2D eigenvalue weighted by atomic mass is 9.78. The van der Waals surface area contributed by atoms with Gasteiger partial charge < -0.3 is 5.11 Å². The summed E-state index contributed by atoms with van der Waals surface area (Å²) in [5, 5.41) is 10.5. The molecule has 106 valence electrons. The molecule has 1 heteroatoms. The van der Waals surface area contributed by atoms with E-state index in [4.69, 9.17) is 0 Å². The Morgan fingerprint density at radius 2 is 1.74 bits per heavy atom. The number of aliphatic hydroxyl groups is 1. The molecule has 19 heavy (non-hydrogen) atoms. The maximum Gasteiger partial charge on any atom is 0.0792 e. The largest absolute Gasteiger partial charge is 0.388 e. The standard InChI is InChI=1S/C18H28O/c1-13(18(2,3)4)11-17(19)16-10-9-14-7-5-6-8-15(14)12-16/h9-10,12-13,17,19H,5-8,11H2,1-4H3. The molecular weight excluding hydrogens is 232 g/mol. The third-order valence-electron chi connectivity index (χ3n) is 4.81. The second kappa shape index (κ2) is 5.66. The molecule has 0 aromatic heterocycles. The van der Waals surface area contributed by atoms with Crippen LogP contribution in [-0.4, -0.2) is 5.11 Å². The van der Waals surface area contributed by atoms with Crippen LogP contribution < -0.4 is 0 Å². The van der Waals surface area contributed by atoms with Gasteiger partial charge in [-0.05, 0) is 60.1 Å². The molecule has 0 amide bonds. The lowest BCUT2D eigenvalue weighted by Crippen LogP contribution is -2.20. The molecule has 1 N–H and O–H groups in total. The van der Waals surface area contributed by atoms with Crippen LogP contribution in [0.5, 0.6) is 0 Å². The quantitative estimate of drug-likeness (QED) is 0.837. The topological polar surface area (TPSA) is 20.2 Å². The normalized spacial score (nSPS) is 18.8. The third-order valence-corrected chi connectivity index (χ3v) is 4.81. The summed E-state index contributed by atoms with van der Waals surface area (Å²) in [7, 11) is 0. The van der Waals surface area contributed by atoms with Crippen LogP contribution in [0.2, 0.25) is 0 Å². The number of benzene rings is 1. The third kappa shape index (κ3) is 3.60. The van der Waals surface area contributed by atoms with Gasteiger partial charge >= 0.3 is 0 Å². The van der Waals surface area contributed by atoms with E-state index in [1.54, 1.807) is 0 Å². The fourth-order valence-corrected chi connectivity index (χ4v) is 2.79. The maximum atomic E-state index is 10.5. The number of aryl methyl sites for hydroxylation is 2. The van der Waals surface area contributed by atoms with Crippen LogP contribution >= 0.6 is 0 Å². The van der Waals surface area contributed by atoms with Gasteiger partial charge in [0.05, 0.1) is 6.10 Å². The van der Waals surface area contributed by atoms with Crippen molar-refractivity contribution in [1.82, 2.24) is 0 Å². The van der Waals surface area contributed by atoms with E-state index in [2.05, 4.69) is 45.9 Å². The van der Waals surface area contributed by atoms with Crippen LogP contribution in [0.25, 0.3) is 0 Å². The summed E-state index contributed by atoms with van der Waals surface area (Å²) in [4.78, 5) is 0. The highest BCUT2D eigenvalue weighted by atomic mass is 16.3. The zero-order valence-electron chi connectivity index (χ0n) is 12.9. The molecule has 0 aliphatic heterocycles. The summed E-state index contributed by atoms with van der Waals surface area (Å²) in [5.74, 6) is 0.513. The molecule has 2 rings (SSSR count). The highest BCUT2D eigenvalue weighted by Crippen LogP contribution is 2.34. The predicted molar refractivity (Wildman–Crippen MR) is 81.3 cm³/mol. The molecule has 0 spiro atoms. The average molecular weight is 260 g/mol. The number of aliphatic hydroxyl groups excluding tert-OH is 1.